The largest absolute Gasteiger partial charge is 0.361 e. The number of thioether (sulfide) groups is 1. The third-order valence-electron chi connectivity index (χ3n) is 4.33. The van der Waals surface area contributed by atoms with Crippen molar-refractivity contribution in [1.82, 2.24) is 10.5 Å². The molecular weight excluding hydrogens is 344 g/mol. The van der Waals surface area contributed by atoms with E-state index < -0.39 is 0 Å². The Balaban J connectivity index is 1.73. The van der Waals surface area contributed by atoms with Gasteiger partial charge in [-0.05, 0) is 38.5 Å². The van der Waals surface area contributed by atoms with Gasteiger partial charge in [0.25, 0.3) is 5.91 Å². The van der Waals surface area contributed by atoms with Gasteiger partial charge >= 0.3 is 0 Å². The molecule has 5 heteroatoms. The van der Waals surface area contributed by atoms with Gasteiger partial charge in [0.15, 0.2) is 0 Å². The third kappa shape index (κ3) is 4.17. The maximum Gasteiger partial charge on any atom is 0.252 e. The molecule has 26 heavy (non-hydrogen) atoms. The number of hydrogen-bond acceptors (Lipinski definition) is 4. The zero-order chi connectivity index (χ0) is 18.5. The van der Waals surface area contributed by atoms with Gasteiger partial charge in [-0.15, -0.1) is 11.8 Å². The minimum atomic E-state index is -0.0665. The molecule has 2 aromatic carbocycles. The van der Waals surface area contributed by atoms with Crippen LogP contribution in [0.2, 0.25) is 0 Å². The van der Waals surface area contributed by atoms with E-state index in [9.17, 15) is 4.79 Å². The molecule has 0 saturated carbocycles. The highest BCUT2D eigenvalue weighted by molar-refractivity contribution is 7.98. The second-order valence-electron chi connectivity index (χ2n) is 6.19. The lowest BCUT2D eigenvalue weighted by atomic mass is 10.1. The fourth-order valence-corrected chi connectivity index (χ4v) is 3.94. The standard InChI is InChI=1S/C21H22N2O2S/c1-14(17-9-5-4-6-10-17)22-21(24)18-11-7-8-12-20(18)26-13-19-15(2)23-25-16(19)3/h4-12,14H,13H2,1-3H3,(H,22,24)/t14-/m0/s1. The van der Waals surface area contributed by atoms with E-state index in [0.717, 1.165) is 33.2 Å². The van der Waals surface area contributed by atoms with Crippen molar-refractivity contribution in [2.24, 2.45) is 0 Å². The Morgan fingerprint density at radius 1 is 1.12 bits per heavy atom. The number of amides is 1. The Kier molecular flexibility index (Phi) is 5.78. The molecule has 1 amide bonds. The second-order valence-corrected chi connectivity index (χ2v) is 7.21. The molecule has 0 aliphatic rings. The molecule has 0 bridgehead atoms. The quantitative estimate of drug-likeness (QED) is 0.619. The number of benzene rings is 2. The van der Waals surface area contributed by atoms with Gasteiger partial charge in [-0.2, -0.15) is 0 Å². The van der Waals surface area contributed by atoms with Crippen LogP contribution in [0.3, 0.4) is 0 Å². The topological polar surface area (TPSA) is 55.1 Å². The maximum absolute atomic E-state index is 12.8. The Morgan fingerprint density at radius 3 is 2.50 bits per heavy atom. The molecule has 4 nitrogen and oxygen atoms in total. The molecule has 0 unspecified atom stereocenters. The van der Waals surface area contributed by atoms with E-state index in [0.29, 0.717) is 5.56 Å². The first-order valence-corrected chi connectivity index (χ1v) is 9.54. The van der Waals surface area contributed by atoms with E-state index >= 15 is 0 Å². The van der Waals surface area contributed by atoms with Crippen LogP contribution in [-0.4, -0.2) is 11.1 Å². The van der Waals surface area contributed by atoms with Gasteiger partial charge in [0, 0.05) is 16.2 Å². The van der Waals surface area contributed by atoms with Crippen molar-refractivity contribution in [3.63, 3.8) is 0 Å². The van der Waals surface area contributed by atoms with Crippen LogP contribution in [-0.2, 0) is 5.75 Å². The summed E-state index contributed by atoms with van der Waals surface area (Å²) >= 11 is 1.62. The first-order valence-electron chi connectivity index (χ1n) is 8.55. The fraction of sp³-hybridized carbons (Fsp3) is 0.238. The zero-order valence-electron chi connectivity index (χ0n) is 15.2. The summed E-state index contributed by atoms with van der Waals surface area (Å²) in [6.07, 6.45) is 0. The molecule has 0 saturated heterocycles. The van der Waals surface area contributed by atoms with Crippen molar-refractivity contribution in [2.75, 3.05) is 0 Å². The molecule has 0 fully saturated rings. The van der Waals surface area contributed by atoms with Crippen molar-refractivity contribution in [1.29, 1.82) is 0 Å². The highest BCUT2D eigenvalue weighted by atomic mass is 32.2. The van der Waals surface area contributed by atoms with Crippen molar-refractivity contribution >= 4 is 17.7 Å². The number of carbonyl (C=O) groups excluding carboxylic acids is 1. The summed E-state index contributed by atoms with van der Waals surface area (Å²) in [4.78, 5) is 13.7. The van der Waals surface area contributed by atoms with Crippen molar-refractivity contribution in [3.8, 4) is 0 Å². The average molecular weight is 366 g/mol. The number of aromatic nitrogens is 1. The number of nitrogens with one attached hydrogen (secondary N) is 1. The molecule has 0 aliphatic heterocycles. The molecule has 1 aromatic heterocycles. The Hall–Kier alpha value is -2.53. The molecule has 1 atom stereocenters. The summed E-state index contributed by atoms with van der Waals surface area (Å²) in [6, 6.07) is 17.6. The van der Waals surface area contributed by atoms with Crippen LogP contribution < -0.4 is 5.32 Å². The summed E-state index contributed by atoms with van der Waals surface area (Å²) in [5, 5.41) is 7.08. The summed E-state index contributed by atoms with van der Waals surface area (Å²) in [6.45, 7) is 5.84. The fourth-order valence-electron chi connectivity index (χ4n) is 2.74. The van der Waals surface area contributed by atoms with E-state index in [4.69, 9.17) is 4.52 Å². The van der Waals surface area contributed by atoms with E-state index in [-0.39, 0.29) is 11.9 Å². The first kappa shape index (κ1) is 18.3. The Morgan fingerprint density at radius 2 is 1.81 bits per heavy atom. The van der Waals surface area contributed by atoms with Crippen molar-refractivity contribution in [3.05, 3.63) is 82.7 Å². The predicted molar refractivity (Wildman–Crippen MR) is 104 cm³/mol. The third-order valence-corrected chi connectivity index (χ3v) is 5.43. The molecule has 0 spiro atoms. The lowest BCUT2D eigenvalue weighted by molar-refractivity contribution is 0.0937. The lowest BCUT2D eigenvalue weighted by Crippen LogP contribution is -2.27. The number of aryl methyl sites for hydroxylation is 2. The van der Waals surface area contributed by atoms with Gasteiger partial charge < -0.3 is 9.84 Å². The summed E-state index contributed by atoms with van der Waals surface area (Å²) in [5.41, 5.74) is 3.76. The molecule has 0 radical (unpaired) electrons. The average Bonchev–Trinajstić information content (AvgIpc) is 2.98. The van der Waals surface area contributed by atoms with E-state index in [1.165, 1.54) is 0 Å². The molecule has 1 heterocycles. The van der Waals surface area contributed by atoms with Crippen molar-refractivity contribution < 1.29 is 9.32 Å². The van der Waals surface area contributed by atoms with E-state index in [1.54, 1.807) is 11.8 Å². The van der Waals surface area contributed by atoms with E-state index in [1.807, 2.05) is 75.4 Å². The minimum absolute atomic E-state index is 0.0516. The van der Waals surface area contributed by atoms with Crippen LogP contribution in [0.25, 0.3) is 0 Å². The van der Waals surface area contributed by atoms with Crippen LogP contribution in [0.15, 0.2) is 64.0 Å². The maximum atomic E-state index is 12.8. The van der Waals surface area contributed by atoms with Crippen LogP contribution in [0.5, 0.6) is 0 Å². The summed E-state index contributed by atoms with van der Waals surface area (Å²) in [7, 11) is 0. The number of hydrogen-bond donors (Lipinski definition) is 1. The molecule has 3 aromatic rings. The number of carbonyl (C=O) groups is 1. The SMILES string of the molecule is Cc1noc(C)c1CSc1ccccc1C(=O)N[C@@H](C)c1ccccc1. The monoisotopic (exact) mass is 366 g/mol. The number of rotatable bonds is 6. The lowest BCUT2D eigenvalue weighted by Gasteiger charge is -2.16. The number of nitrogens with zero attached hydrogens (tertiary/aromatic N) is 1. The predicted octanol–water partition coefficient (Wildman–Crippen LogP) is 5.07. The summed E-state index contributed by atoms with van der Waals surface area (Å²) < 4.78 is 5.22. The zero-order valence-corrected chi connectivity index (χ0v) is 16.0. The smallest absolute Gasteiger partial charge is 0.252 e. The van der Waals surface area contributed by atoms with E-state index in [2.05, 4.69) is 10.5 Å². The van der Waals surface area contributed by atoms with Crippen LogP contribution in [0.1, 0.15) is 45.9 Å². The molecule has 0 aliphatic carbocycles. The molecule has 134 valence electrons. The van der Waals surface area contributed by atoms with Gasteiger partial charge in [0.05, 0.1) is 17.3 Å². The Labute approximate surface area is 158 Å². The highest BCUT2D eigenvalue weighted by Crippen LogP contribution is 2.29. The Bertz CT molecular complexity index is 871. The normalized spacial score (nSPS) is 12.0. The van der Waals surface area contributed by atoms with Gasteiger partial charge in [-0.3, -0.25) is 4.79 Å². The van der Waals surface area contributed by atoms with Gasteiger partial charge in [-0.1, -0.05) is 47.6 Å². The molecule has 1 N–H and O–H groups in total. The minimum Gasteiger partial charge on any atom is -0.361 e. The van der Waals surface area contributed by atoms with Crippen LogP contribution in [0.4, 0.5) is 0 Å². The second kappa shape index (κ2) is 8.23. The van der Waals surface area contributed by atoms with Crippen LogP contribution >= 0.6 is 11.8 Å². The molecule has 3 rings (SSSR count). The van der Waals surface area contributed by atoms with Gasteiger partial charge in [-0.25, -0.2) is 0 Å². The molecular formula is C21H22N2O2S. The highest BCUT2D eigenvalue weighted by Gasteiger charge is 2.16. The van der Waals surface area contributed by atoms with Crippen molar-refractivity contribution in [2.45, 2.75) is 37.5 Å². The summed E-state index contributed by atoms with van der Waals surface area (Å²) in [5.74, 6) is 1.48. The van der Waals surface area contributed by atoms with Crippen LogP contribution in [0, 0.1) is 13.8 Å². The van der Waals surface area contributed by atoms with Gasteiger partial charge in [0.1, 0.15) is 5.76 Å². The first-order chi connectivity index (χ1) is 12.6. The van der Waals surface area contributed by atoms with Gasteiger partial charge in [0.2, 0.25) is 0 Å².